The predicted molar refractivity (Wildman–Crippen MR) is 62.9 cm³/mol. The number of hydrogen-bond donors (Lipinski definition) is 1. The topological polar surface area (TPSA) is 51.2 Å². The molecule has 86 valence electrons. The van der Waals surface area contributed by atoms with Gasteiger partial charge in [0.2, 0.25) is 0 Å². The maximum Gasteiger partial charge on any atom is 0.356 e. The standard InChI is InChI=1S/C13H12N2O2/c16-13(12-6-8-14-9-7-12)17-15-10-11-4-2-1-3-5-11/h1-9,15H,10H2. The molecule has 0 bridgehead atoms. The molecule has 4 heteroatoms. The first-order valence-electron chi connectivity index (χ1n) is 5.24. The van der Waals surface area contributed by atoms with E-state index >= 15 is 0 Å². The molecule has 0 aliphatic rings. The minimum absolute atomic E-state index is 0.414. The Labute approximate surface area is 99.2 Å². The van der Waals surface area contributed by atoms with Gasteiger partial charge in [0.15, 0.2) is 0 Å². The molecule has 0 saturated carbocycles. The van der Waals surface area contributed by atoms with Gasteiger partial charge in [-0.2, -0.15) is 0 Å². The summed E-state index contributed by atoms with van der Waals surface area (Å²) in [6, 6.07) is 12.9. The molecule has 1 aromatic heterocycles. The van der Waals surface area contributed by atoms with Crippen LogP contribution in [0.25, 0.3) is 0 Å². The van der Waals surface area contributed by atoms with Crippen molar-refractivity contribution >= 4 is 5.97 Å². The first-order valence-corrected chi connectivity index (χ1v) is 5.24. The molecule has 0 spiro atoms. The Morgan fingerprint density at radius 1 is 1.12 bits per heavy atom. The van der Waals surface area contributed by atoms with Crippen molar-refractivity contribution in [3.63, 3.8) is 0 Å². The van der Waals surface area contributed by atoms with Crippen LogP contribution in [0, 0.1) is 0 Å². The number of hydrogen-bond acceptors (Lipinski definition) is 4. The van der Waals surface area contributed by atoms with Crippen LogP contribution in [0.2, 0.25) is 0 Å². The summed E-state index contributed by atoms with van der Waals surface area (Å²) in [6.45, 7) is 0.484. The molecule has 0 unspecified atom stereocenters. The van der Waals surface area contributed by atoms with Crippen LogP contribution in [0.4, 0.5) is 0 Å². The summed E-state index contributed by atoms with van der Waals surface area (Å²) in [6.07, 6.45) is 3.10. The summed E-state index contributed by atoms with van der Waals surface area (Å²) >= 11 is 0. The predicted octanol–water partition coefficient (Wildman–Crippen LogP) is 1.94. The zero-order chi connectivity index (χ0) is 11.9. The number of pyridine rings is 1. The quantitative estimate of drug-likeness (QED) is 0.812. The fraction of sp³-hybridized carbons (Fsp3) is 0.0769. The molecular weight excluding hydrogens is 216 g/mol. The van der Waals surface area contributed by atoms with E-state index in [1.54, 1.807) is 24.5 Å². The number of benzene rings is 1. The first kappa shape index (κ1) is 11.3. The zero-order valence-electron chi connectivity index (χ0n) is 9.17. The van der Waals surface area contributed by atoms with E-state index in [0.29, 0.717) is 12.1 Å². The minimum Gasteiger partial charge on any atom is -0.366 e. The molecule has 0 amide bonds. The molecule has 2 aromatic rings. The summed E-state index contributed by atoms with van der Waals surface area (Å²) in [5.41, 5.74) is 4.15. The first-order chi connectivity index (χ1) is 8.36. The van der Waals surface area contributed by atoms with Gasteiger partial charge in [-0.25, -0.2) is 4.79 Å². The van der Waals surface area contributed by atoms with Gasteiger partial charge in [-0.1, -0.05) is 30.3 Å². The van der Waals surface area contributed by atoms with Gasteiger partial charge >= 0.3 is 5.97 Å². The van der Waals surface area contributed by atoms with Gasteiger partial charge in [0, 0.05) is 12.4 Å². The lowest BCUT2D eigenvalue weighted by Crippen LogP contribution is -2.19. The Hall–Kier alpha value is -2.20. The molecule has 1 aromatic carbocycles. The Bertz CT molecular complexity index is 471. The third-order valence-corrected chi connectivity index (χ3v) is 2.20. The Kier molecular flexibility index (Phi) is 3.83. The summed E-state index contributed by atoms with van der Waals surface area (Å²) in [5, 5.41) is 0. The highest BCUT2D eigenvalue weighted by Crippen LogP contribution is 2.00. The van der Waals surface area contributed by atoms with Crippen LogP contribution < -0.4 is 5.48 Å². The van der Waals surface area contributed by atoms with Crippen LogP contribution in [0.3, 0.4) is 0 Å². The van der Waals surface area contributed by atoms with Crippen LogP contribution in [0.15, 0.2) is 54.9 Å². The van der Waals surface area contributed by atoms with Gasteiger partial charge in [-0.05, 0) is 17.7 Å². The average molecular weight is 228 g/mol. The average Bonchev–Trinajstić information content (AvgIpc) is 2.41. The fourth-order valence-electron chi connectivity index (χ4n) is 1.33. The molecule has 2 rings (SSSR count). The largest absolute Gasteiger partial charge is 0.366 e. The summed E-state index contributed by atoms with van der Waals surface area (Å²) in [5.74, 6) is -0.414. The number of hydroxylamine groups is 1. The smallest absolute Gasteiger partial charge is 0.356 e. The summed E-state index contributed by atoms with van der Waals surface area (Å²) in [7, 11) is 0. The molecule has 0 aliphatic carbocycles. The molecular formula is C13H12N2O2. The number of nitrogens with one attached hydrogen (secondary N) is 1. The number of aromatic nitrogens is 1. The SMILES string of the molecule is O=C(ONCc1ccccc1)c1ccncc1. The zero-order valence-corrected chi connectivity index (χ0v) is 9.17. The van der Waals surface area contributed by atoms with Gasteiger partial charge in [0.1, 0.15) is 0 Å². The van der Waals surface area contributed by atoms with E-state index in [2.05, 4.69) is 10.5 Å². The summed E-state index contributed by atoms with van der Waals surface area (Å²) in [4.78, 5) is 20.3. The molecule has 0 saturated heterocycles. The molecule has 0 fully saturated rings. The van der Waals surface area contributed by atoms with Crippen LogP contribution in [-0.4, -0.2) is 11.0 Å². The number of nitrogens with zero attached hydrogens (tertiary/aromatic N) is 1. The monoisotopic (exact) mass is 228 g/mol. The van der Waals surface area contributed by atoms with E-state index in [1.165, 1.54) is 0 Å². The van der Waals surface area contributed by atoms with Crippen molar-refractivity contribution in [1.29, 1.82) is 0 Å². The lowest BCUT2D eigenvalue weighted by atomic mass is 10.2. The van der Waals surface area contributed by atoms with E-state index in [0.717, 1.165) is 5.56 Å². The van der Waals surface area contributed by atoms with E-state index in [-0.39, 0.29) is 0 Å². The highest BCUT2D eigenvalue weighted by Gasteiger charge is 2.05. The number of carbonyl (C=O) groups excluding carboxylic acids is 1. The van der Waals surface area contributed by atoms with Crippen LogP contribution in [0.5, 0.6) is 0 Å². The Morgan fingerprint density at radius 2 is 1.82 bits per heavy atom. The molecule has 1 N–H and O–H groups in total. The third-order valence-electron chi connectivity index (χ3n) is 2.20. The second kappa shape index (κ2) is 5.77. The maximum absolute atomic E-state index is 11.5. The second-order valence-electron chi connectivity index (χ2n) is 3.43. The molecule has 0 aliphatic heterocycles. The molecule has 1 heterocycles. The van der Waals surface area contributed by atoms with Crippen molar-refractivity contribution in [2.24, 2.45) is 0 Å². The minimum atomic E-state index is -0.414. The van der Waals surface area contributed by atoms with E-state index < -0.39 is 5.97 Å². The van der Waals surface area contributed by atoms with E-state index in [1.807, 2.05) is 30.3 Å². The van der Waals surface area contributed by atoms with E-state index in [9.17, 15) is 4.79 Å². The van der Waals surface area contributed by atoms with Crippen molar-refractivity contribution in [2.45, 2.75) is 6.54 Å². The van der Waals surface area contributed by atoms with Crippen molar-refractivity contribution in [3.05, 3.63) is 66.0 Å². The van der Waals surface area contributed by atoms with Gasteiger partial charge in [0.25, 0.3) is 0 Å². The normalized spacial score (nSPS) is 9.88. The Morgan fingerprint density at radius 3 is 2.53 bits per heavy atom. The van der Waals surface area contributed by atoms with E-state index in [4.69, 9.17) is 4.84 Å². The molecule has 17 heavy (non-hydrogen) atoms. The van der Waals surface area contributed by atoms with Crippen LogP contribution >= 0.6 is 0 Å². The Balaban J connectivity index is 1.82. The van der Waals surface area contributed by atoms with Crippen LogP contribution in [0.1, 0.15) is 15.9 Å². The molecule has 0 atom stereocenters. The second-order valence-corrected chi connectivity index (χ2v) is 3.43. The highest BCUT2D eigenvalue weighted by molar-refractivity contribution is 5.88. The number of rotatable bonds is 4. The lowest BCUT2D eigenvalue weighted by molar-refractivity contribution is 0.0237. The van der Waals surface area contributed by atoms with Crippen molar-refractivity contribution < 1.29 is 9.63 Å². The lowest BCUT2D eigenvalue weighted by Gasteiger charge is -2.05. The van der Waals surface area contributed by atoms with Gasteiger partial charge in [0.05, 0.1) is 12.1 Å². The van der Waals surface area contributed by atoms with Crippen LogP contribution in [-0.2, 0) is 11.4 Å². The summed E-state index contributed by atoms with van der Waals surface area (Å²) < 4.78 is 0. The third kappa shape index (κ3) is 3.39. The fourth-order valence-corrected chi connectivity index (χ4v) is 1.33. The van der Waals surface area contributed by atoms with Crippen molar-refractivity contribution in [3.8, 4) is 0 Å². The highest BCUT2D eigenvalue weighted by atomic mass is 16.7. The van der Waals surface area contributed by atoms with Crippen molar-refractivity contribution in [1.82, 2.24) is 10.5 Å². The molecule has 0 radical (unpaired) electrons. The number of carbonyl (C=O) groups is 1. The van der Waals surface area contributed by atoms with Crippen molar-refractivity contribution in [2.75, 3.05) is 0 Å². The maximum atomic E-state index is 11.5. The van der Waals surface area contributed by atoms with Gasteiger partial charge in [-0.3, -0.25) is 4.98 Å². The molecule has 4 nitrogen and oxygen atoms in total. The van der Waals surface area contributed by atoms with Gasteiger partial charge in [-0.15, -0.1) is 5.48 Å². The van der Waals surface area contributed by atoms with Gasteiger partial charge < -0.3 is 4.84 Å².